The van der Waals surface area contributed by atoms with Gasteiger partial charge in [0.1, 0.15) is 0 Å². The second kappa shape index (κ2) is 6.35. The molecule has 5 rings (SSSR count). The van der Waals surface area contributed by atoms with E-state index in [0.717, 1.165) is 54.2 Å². The minimum Gasteiger partial charge on any atom is -0.337 e. The van der Waals surface area contributed by atoms with Gasteiger partial charge < -0.3 is 10.7 Å². The molecule has 0 atom stereocenters. The average Bonchev–Trinajstić information content (AvgIpc) is 3.26. The van der Waals surface area contributed by atoms with Gasteiger partial charge >= 0.3 is 5.95 Å². The monoisotopic (exact) mass is 362 g/mol. The van der Waals surface area contributed by atoms with Crippen LogP contribution in [0.3, 0.4) is 0 Å². The third-order valence-corrected chi connectivity index (χ3v) is 5.54. The number of hydrogen-bond acceptors (Lipinski definition) is 4. The van der Waals surface area contributed by atoms with Crippen LogP contribution in [0.25, 0.3) is 27.9 Å². The highest BCUT2D eigenvalue weighted by atomic mass is 15.2. The summed E-state index contributed by atoms with van der Waals surface area (Å²) in [5, 5.41) is 4.78. The smallest absolute Gasteiger partial charge is 0.337 e. The fraction of sp³-hybridized carbons (Fsp3) is 0.350. The summed E-state index contributed by atoms with van der Waals surface area (Å²) in [5.41, 5.74) is 9.96. The van der Waals surface area contributed by atoms with Gasteiger partial charge in [0.05, 0.1) is 23.6 Å². The minimum absolute atomic E-state index is 0.332. The molecule has 3 aromatic heterocycles. The Morgan fingerprint density at radius 3 is 2.89 bits per heavy atom. The zero-order valence-electron chi connectivity index (χ0n) is 15.4. The number of fused-ring (bicyclic) bond motifs is 2. The number of H-pyrrole nitrogens is 2. The summed E-state index contributed by atoms with van der Waals surface area (Å²) in [5.74, 6) is 1.70. The van der Waals surface area contributed by atoms with E-state index in [0.29, 0.717) is 17.7 Å². The SMILES string of the molecule is Cc1cc2ccccc2n1-c1[nH+]c(NC2CCC(N)CC2)nc2nc[nH]c12. The van der Waals surface area contributed by atoms with E-state index >= 15 is 0 Å². The van der Waals surface area contributed by atoms with Crippen LogP contribution in [-0.4, -0.2) is 31.6 Å². The van der Waals surface area contributed by atoms with E-state index in [1.54, 1.807) is 6.33 Å². The molecule has 7 nitrogen and oxygen atoms in total. The number of benzene rings is 1. The number of imidazole rings is 1. The summed E-state index contributed by atoms with van der Waals surface area (Å²) in [6, 6.07) is 11.3. The Labute approximate surface area is 157 Å². The molecule has 7 heteroatoms. The molecule has 0 bridgehead atoms. The van der Waals surface area contributed by atoms with E-state index < -0.39 is 0 Å². The van der Waals surface area contributed by atoms with Crippen molar-refractivity contribution < 1.29 is 4.98 Å². The lowest BCUT2D eigenvalue weighted by molar-refractivity contribution is -0.358. The van der Waals surface area contributed by atoms with Gasteiger partial charge in [-0.25, -0.2) is 14.5 Å². The summed E-state index contributed by atoms with van der Waals surface area (Å²) in [7, 11) is 0. The maximum absolute atomic E-state index is 6.04. The number of nitrogens with one attached hydrogen (secondary N) is 3. The molecule has 5 N–H and O–H groups in total. The van der Waals surface area contributed by atoms with Crippen LogP contribution < -0.4 is 16.0 Å². The van der Waals surface area contributed by atoms with Crippen LogP contribution in [0.4, 0.5) is 5.95 Å². The van der Waals surface area contributed by atoms with E-state index in [1.807, 2.05) is 0 Å². The van der Waals surface area contributed by atoms with Crippen molar-refractivity contribution in [3.8, 4) is 5.82 Å². The Morgan fingerprint density at radius 2 is 2.04 bits per heavy atom. The first kappa shape index (κ1) is 16.3. The van der Waals surface area contributed by atoms with Crippen LogP contribution in [0, 0.1) is 6.92 Å². The van der Waals surface area contributed by atoms with Gasteiger partial charge in [0.2, 0.25) is 11.5 Å². The molecular formula is C20H24N7+. The van der Waals surface area contributed by atoms with E-state index in [9.17, 15) is 0 Å². The number of rotatable bonds is 3. The number of nitrogens with two attached hydrogens (primary N) is 1. The van der Waals surface area contributed by atoms with Gasteiger partial charge in [-0.05, 0) is 44.7 Å². The van der Waals surface area contributed by atoms with E-state index in [2.05, 4.69) is 67.1 Å². The highest BCUT2D eigenvalue weighted by Gasteiger charge is 2.24. The first-order chi connectivity index (χ1) is 13.2. The normalized spacial score (nSPS) is 20.4. The largest absolute Gasteiger partial charge is 0.347 e. The van der Waals surface area contributed by atoms with E-state index in [1.165, 1.54) is 5.39 Å². The molecule has 1 aliphatic rings. The van der Waals surface area contributed by atoms with Crippen molar-refractivity contribution in [1.29, 1.82) is 0 Å². The second-order valence-corrected chi connectivity index (χ2v) is 7.47. The first-order valence-corrected chi connectivity index (χ1v) is 9.55. The number of para-hydroxylation sites is 1. The number of nitrogens with zero attached hydrogens (tertiary/aromatic N) is 3. The summed E-state index contributed by atoms with van der Waals surface area (Å²) in [4.78, 5) is 15.8. The van der Waals surface area contributed by atoms with Crippen molar-refractivity contribution in [3.63, 3.8) is 0 Å². The quantitative estimate of drug-likeness (QED) is 0.522. The van der Waals surface area contributed by atoms with Gasteiger partial charge in [-0.2, -0.15) is 0 Å². The van der Waals surface area contributed by atoms with Gasteiger partial charge in [-0.3, -0.25) is 5.32 Å². The molecule has 0 radical (unpaired) electrons. The molecule has 1 aliphatic carbocycles. The Bertz CT molecular complexity index is 1100. The number of aryl methyl sites for hydroxylation is 1. The van der Waals surface area contributed by atoms with Gasteiger partial charge in [-0.15, -0.1) is 0 Å². The molecule has 0 spiro atoms. The van der Waals surface area contributed by atoms with Crippen LogP contribution >= 0.6 is 0 Å². The summed E-state index contributed by atoms with van der Waals surface area (Å²) >= 11 is 0. The molecule has 0 amide bonds. The predicted molar refractivity (Wildman–Crippen MR) is 106 cm³/mol. The summed E-state index contributed by atoms with van der Waals surface area (Å²) in [6.07, 6.45) is 5.93. The lowest BCUT2D eigenvalue weighted by Gasteiger charge is -2.24. The molecule has 138 valence electrons. The number of hydrogen-bond donors (Lipinski definition) is 3. The molecule has 0 saturated heterocycles. The van der Waals surface area contributed by atoms with Crippen molar-refractivity contribution in [1.82, 2.24) is 19.5 Å². The highest BCUT2D eigenvalue weighted by Crippen LogP contribution is 2.26. The zero-order chi connectivity index (χ0) is 18.4. The van der Waals surface area contributed by atoms with Crippen LogP contribution in [0.5, 0.6) is 0 Å². The van der Waals surface area contributed by atoms with E-state index in [-0.39, 0.29) is 0 Å². The molecule has 27 heavy (non-hydrogen) atoms. The molecule has 0 unspecified atom stereocenters. The van der Waals surface area contributed by atoms with Crippen molar-refractivity contribution in [2.45, 2.75) is 44.7 Å². The highest BCUT2D eigenvalue weighted by molar-refractivity contribution is 5.86. The maximum Gasteiger partial charge on any atom is 0.347 e. The fourth-order valence-electron chi connectivity index (χ4n) is 4.14. The van der Waals surface area contributed by atoms with Crippen LogP contribution in [0.1, 0.15) is 31.4 Å². The van der Waals surface area contributed by atoms with Crippen LogP contribution in [-0.2, 0) is 0 Å². The van der Waals surface area contributed by atoms with Crippen LogP contribution in [0.2, 0.25) is 0 Å². The number of aromatic amines is 2. The number of anilines is 1. The van der Waals surface area contributed by atoms with Crippen molar-refractivity contribution in [2.24, 2.45) is 5.73 Å². The van der Waals surface area contributed by atoms with Gasteiger partial charge in [0.15, 0.2) is 5.52 Å². The molecule has 0 aliphatic heterocycles. The number of aromatic nitrogens is 5. The average molecular weight is 362 g/mol. The van der Waals surface area contributed by atoms with Gasteiger partial charge in [0, 0.05) is 11.4 Å². The van der Waals surface area contributed by atoms with Crippen molar-refractivity contribution in [2.75, 3.05) is 5.32 Å². The van der Waals surface area contributed by atoms with Gasteiger partial charge in [-0.1, -0.05) is 23.2 Å². The molecule has 1 fully saturated rings. The van der Waals surface area contributed by atoms with Gasteiger partial charge in [0.25, 0.3) is 0 Å². The Morgan fingerprint density at radius 1 is 1.22 bits per heavy atom. The Balaban J connectivity index is 1.61. The first-order valence-electron chi connectivity index (χ1n) is 9.55. The third kappa shape index (κ3) is 2.84. The minimum atomic E-state index is 0.332. The molecular weight excluding hydrogens is 338 g/mol. The van der Waals surface area contributed by atoms with Crippen molar-refractivity contribution in [3.05, 3.63) is 42.4 Å². The summed E-state index contributed by atoms with van der Waals surface area (Å²) in [6.45, 7) is 2.12. The molecule has 3 heterocycles. The Hall–Kier alpha value is -2.93. The lowest BCUT2D eigenvalue weighted by Crippen LogP contribution is -2.35. The van der Waals surface area contributed by atoms with Crippen molar-refractivity contribution >= 4 is 28.0 Å². The second-order valence-electron chi connectivity index (χ2n) is 7.47. The topological polar surface area (TPSA) is 98.7 Å². The van der Waals surface area contributed by atoms with Crippen LogP contribution in [0.15, 0.2) is 36.7 Å². The lowest BCUT2D eigenvalue weighted by atomic mass is 9.92. The molecule has 1 aromatic carbocycles. The maximum atomic E-state index is 6.04. The molecule has 4 aromatic rings. The Kier molecular flexibility index (Phi) is 3.82. The fourth-order valence-corrected chi connectivity index (χ4v) is 4.14. The molecule has 1 saturated carbocycles. The predicted octanol–water partition coefficient (Wildman–Crippen LogP) is 2.71. The third-order valence-electron chi connectivity index (χ3n) is 5.54. The zero-order valence-corrected chi connectivity index (χ0v) is 15.4. The summed E-state index contributed by atoms with van der Waals surface area (Å²) < 4.78 is 2.22. The standard InChI is InChI=1S/C20H23N7/c1-12-10-13-4-2-3-5-16(13)27(12)19-17-18(23-11-22-17)25-20(26-19)24-15-8-6-14(21)7-9-15/h2-5,10-11,14-15H,6-9,21H2,1H3,(H2,22,23,24,25,26)/p+1. The van der Waals surface area contributed by atoms with E-state index in [4.69, 9.17) is 5.73 Å².